The maximum Gasteiger partial charge on any atom is 0.316 e. The largest absolute Gasteiger partial charge is 0.465 e. The van der Waals surface area contributed by atoms with Crippen molar-refractivity contribution < 1.29 is 14.3 Å². The Morgan fingerprint density at radius 1 is 1.38 bits per heavy atom. The fourth-order valence-corrected chi connectivity index (χ4v) is 1.16. The molecule has 0 aromatic rings. The third-order valence-corrected chi connectivity index (χ3v) is 1.93. The van der Waals surface area contributed by atoms with E-state index >= 15 is 0 Å². The molecule has 2 unspecified atom stereocenters. The van der Waals surface area contributed by atoms with Gasteiger partial charge in [-0.3, -0.25) is 9.59 Å². The van der Waals surface area contributed by atoms with Gasteiger partial charge in [-0.1, -0.05) is 6.92 Å². The lowest BCUT2D eigenvalue weighted by molar-refractivity contribution is -0.151. The summed E-state index contributed by atoms with van der Waals surface area (Å²) in [6.45, 7) is 5.32. The first kappa shape index (κ1) is 12.4. The topological polar surface area (TPSA) is 43.4 Å². The quantitative estimate of drug-likeness (QED) is 0.391. The highest BCUT2D eigenvalue weighted by molar-refractivity contribution is 6.32. The number of rotatable bonds is 5. The maximum absolute atomic E-state index is 11.4. The van der Waals surface area contributed by atoms with Crippen LogP contribution in [-0.2, 0) is 14.3 Å². The number of esters is 1. The number of halogens is 1. The first-order valence-corrected chi connectivity index (χ1v) is 4.82. The van der Waals surface area contributed by atoms with Crippen LogP contribution in [0.25, 0.3) is 0 Å². The van der Waals surface area contributed by atoms with E-state index in [2.05, 4.69) is 0 Å². The Kier molecular flexibility index (Phi) is 5.71. The van der Waals surface area contributed by atoms with Gasteiger partial charge in [-0.25, -0.2) is 0 Å². The molecule has 76 valence electrons. The third-order valence-electron chi connectivity index (χ3n) is 1.71. The molecule has 3 nitrogen and oxygen atoms in total. The number of ether oxygens (including phenoxy) is 1. The number of hydrogen-bond acceptors (Lipinski definition) is 3. The summed E-state index contributed by atoms with van der Waals surface area (Å²) < 4.78 is 4.75. The Balaban J connectivity index is 4.32. The van der Waals surface area contributed by atoms with Crippen LogP contribution < -0.4 is 0 Å². The van der Waals surface area contributed by atoms with Gasteiger partial charge in [0.2, 0.25) is 0 Å². The molecule has 0 saturated heterocycles. The molecule has 4 heteroatoms. The minimum atomic E-state index is -0.701. The van der Waals surface area contributed by atoms with Crippen molar-refractivity contribution >= 4 is 23.4 Å². The van der Waals surface area contributed by atoms with Gasteiger partial charge in [-0.15, -0.1) is 11.6 Å². The van der Waals surface area contributed by atoms with E-state index in [1.54, 1.807) is 20.8 Å². The molecule has 0 aliphatic carbocycles. The number of carbonyl (C=O) groups is 2. The minimum Gasteiger partial charge on any atom is -0.465 e. The van der Waals surface area contributed by atoms with Crippen molar-refractivity contribution in [2.75, 3.05) is 6.61 Å². The zero-order chi connectivity index (χ0) is 10.4. The highest BCUT2D eigenvalue weighted by Gasteiger charge is 2.28. The van der Waals surface area contributed by atoms with Gasteiger partial charge in [0.1, 0.15) is 5.92 Å². The van der Waals surface area contributed by atoms with Crippen LogP contribution in [0.4, 0.5) is 0 Å². The van der Waals surface area contributed by atoms with Gasteiger partial charge in [0.05, 0.1) is 12.0 Å². The van der Waals surface area contributed by atoms with Gasteiger partial charge in [0.25, 0.3) is 0 Å². The molecular formula is C9H15ClO3. The van der Waals surface area contributed by atoms with Crippen molar-refractivity contribution in [2.24, 2.45) is 5.92 Å². The van der Waals surface area contributed by atoms with Crippen LogP contribution in [0, 0.1) is 5.92 Å². The molecule has 0 spiro atoms. The van der Waals surface area contributed by atoms with Gasteiger partial charge in [0, 0.05) is 0 Å². The Hall–Kier alpha value is -0.570. The SMILES string of the molecule is CCOC(=O)C(CC)C(=O)C(C)Cl. The van der Waals surface area contributed by atoms with Gasteiger partial charge in [0.15, 0.2) is 5.78 Å². The molecule has 0 radical (unpaired) electrons. The van der Waals surface area contributed by atoms with Crippen molar-refractivity contribution in [3.63, 3.8) is 0 Å². The molecule has 0 aliphatic rings. The molecular weight excluding hydrogens is 192 g/mol. The van der Waals surface area contributed by atoms with E-state index in [0.29, 0.717) is 13.0 Å². The predicted molar refractivity (Wildman–Crippen MR) is 50.7 cm³/mol. The van der Waals surface area contributed by atoms with Crippen LogP contribution in [0.2, 0.25) is 0 Å². The van der Waals surface area contributed by atoms with E-state index in [1.807, 2.05) is 0 Å². The summed E-state index contributed by atoms with van der Waals surface area (Å²) in [6, 6.07) is 0. The molecule has 0 aromatic heterocycles. The lowest BCUT2D eigenvalue weighted by Gasteiger charge is -2.13. The van der Waals surface area contributed by atoms with E-state index in [1.165, 1.54) is 0 Å². The summed E-state index contributed by atoms with van der Waals surface area (Å²) >= 11 is 5.59. The Morgan fingerprint density at radius 2 is 1.92 bits per heavy atom. The van der Waals surface area contributed by atoms with Crippen LogP contribution in [0.3, 0.4) is 0 Å². The second kappa shape index (κ2) is 5.97. The van der Waals surface area contributed by atoms with Crippen molar-refractivity contribution in [1.29, 1.82) is 0 Å². The first-order chi connectivity index (χ1) is 6.04. The Labute approximate surface area is 83.4 Å². The van der Waals surface area contributed by atoms with Crippen molar-refractivity contribution in [3.05, 3.63) is 0 Å². The summed E-state index contributed by atoms with van der Waals surface area (Å²) in [4.78, 5) is 22.6. The van der Waals surface area contributed by atoms with Crippen LogP contribution in [0.5, 0.6) is 0 Å². The standard InChI is InChI=1S/C9H15ClO3/c1-4-7(8(11)6(3)10)9(12)13-5-2/h6-7H,4-5H2,1-3H3. The number of hydrogen-bond donors (Lipinski definition) is 0. The predicted octanol–water partition coefficient (Wildman–Crippen LogP) is 1.77. The van der Waals surface area contributed by atoms with E-state index in [-0.39, 0.29) is 5.78 Å². The highest BCUT2D eigenvalue weighted by atomic mass is 35.5. The zero-order valence-corrected chi connectivity index (χ0v) is 8.93. The van der Waals surface area contributed by atoms with Gasteiger partial charge < -0.3 is 4.74 Å². The van der Waals surface area contributed by atoms with Gasteiger partial charge in [-0.2, -0.15) is 0 Å². The van der Waals surface area contributed by atoms with Gasteiger partial charge in [-0.05, 0) is 20.3 Å². The lowest BCUT2D eigenvalue weighted by atomic mass is 9.99. The van der Waals surface area contributed by atoms with Crippen molar-refractivity contribution in [2.45, 2.75) is 32.6 Å². The summed E-state index contributed by atoms with van der Waals surface area (Å²) in [5, 5.41) is -0.630. The summed E-state index contributed by atoms with van der Waals surface area (Å²) in [5.74, 6) is -1.43. The molecule has 0 saturated carbocycles. The number of alkyl halides is 1. The Bertz CT molecular complexity index is 189. The average Bonchev–Trinajstić information content (AvgIpc) is 2.05. The van der Waals surface area contributed by atoms with Crippen LogP contribution >= 0.6 is 11.6 Å². The molecule has 0 aliphatic heterocycles. The molecule has 0 N–H and O–H groups in total. The number of carbonyl (C=O) groups excluding carboxylic acids is 2. The molecule has 0 amide bonds. The van der Waals surface area contributed by atoms with E-state index < -0.39 is 17.3 Å². The number of ketones is 1. The molecule has 13 heavy (non-hydrogen) atoms. The van der Waals surface area contributed by atoms with Gasteiger partial charge >= 0.3 is 5.97 Å². The highest BCUT2D eigenvalue weighted by Crippen LogP contribution is 2.12. The summed E-state index contributed by atoms with van der Waals surface area (Å²) in [7, 11) is 0. The summed E-state index contributed by atoms with van der Waals surface area (Å²) in [5.41, 5.74) is 0. The lowest BCUT2D eigenvalue weighted by Crippen LogP contribution is -2.30. The zero-order valence-electron chi connectivity index (χ0n) is 8.17. The molecule has 0 fully saturated rings. The fraction of sp³-hybridized carbons (Fsp3) is 0.778. The summed E-state index contributed by atoms with van der Waals surface area (Å²) in [6.07, 6.45) is 0.439. The molecule has 0 aromatic carbocycles. The second-order valence-corrected chi connectivity index (χ2v) is 3.39. The molecule has 0 heterocycles. The minimum absolute atomic E-state index is 0.261. The van der Waals surface area contributed by atoms with Crippen molar-refractivity contribution in [3.8, 4) is 0 Å². The fourth-order valence-electron chi connectivity index (χ4n) is 1.00. The number of Topliss-reactive ketones (excluding diaryl/α,β-unsaturated/α-hetero) is 1. The van der Waals surface area contributed by atoms with Crippen LogP contribution in [0.1, 0.15) is 27.2 Å². The van der Waals surface area contributed by atoms with Crippen LogP contribution in [-0.4, -0.2) is 23.7 Å². The van der Waals surface area contributed by atoms with E-state index in [0.717, 1.165) is 0 Å². The molecule has 0 rings (SSSR count). The molecule has 0 bridgehead atoms. The normalized spacial score (nSPS) is 14.8. The maximum atomic E-state index is 11.4. The second-order valence-electron chi connectivity index (χ2n) is 2.73. The first-order valence-electron chi connectivity index (χ1n) is 4.39. The monoisotopic (exact) mass is 206 g/mol. The third kappa shape index (κ3) is 3.77. The van der Waals surface area contributed by atoms with E-state index in [9.17, 15) is 9.59 Å². The van der Waals surface area contributed by atoms with Crippen LogP contribution in [0.15, 0.2) is 0 Å². The smallest absolute Gasteiger partial charge is 0.316 e. The Morgan fingerprint density at radius 3 is 2.23 bits per heavy atom. The molecule has 2 atom stereocenters. The van der Waals surface area contributed by atoms with E-state index in [4.69, 9.17) is 16.3 Å². The average molecular weight is 207 g/mol. The van der Waals surface area contributed by atoms with Crippen molar-refractivity contribution in [1.82, 2.24) is 0 Å².